The van der Waals surface area contributed by atoms with E-state index in [9.17, 15) is 4.21 Å². The minimum absolute atomic E-state index is 0.106. The Bertz CT molecular complexity index is 662. The maximum absolute atomic E-state index is 12.3. The Kier molecular flexibility index (Phi) is 6.12. The average molecular weight is 348 g/mol. The van der Waals surface area contributed by atoms with Gasteiger partial charge in [-0.05, 0) is 18.6 Å². The molecule has 6 nitrogen and oxygen atoms in total. The molecule has 2 heterocycles. The zero-order valence-electron chi connectivity index (χ0n) is 14.0. The van der Waals surface area contributed by atoms with Gasteiger partial charge >= 0.3 is 0 Å². The molecule has 0 aliphatic carbocycles. The van der Waals surface area contributed by atoms with Crippen LogP contribution in [-0.4, -0.2) is 56.3 Å². The fourth-order valence-electron chi connectivity index (χ4n) is 2.77. The Morgan fingerprint density at radius 2 is 2.21 bits per heavy atom. The van der Waals surface area contributed by atoms with Crippen molar-refractivity contribution in [1.82, 2.24) is 20.1 Å². The van der Waals surface area contributed by atoms with E-state index < -0.39 is 10.8 Å². The highest BCUT2D eigenvalue weighted by Crippen LogP contribution is 2.19. The van der Waals surface area contributed by atoms with E-state index >= 15 is 0 Å². The fraction of sp³-hybridized carbons (Fsp3) is 0.529. The van der Waals surface area contributed by atoms with Crippen molar-refractivity contribution in [1.29, 1.82) is 0 Å². The molecule has 0 unspecified atom stereocenters. The van der Waals surface area contributed by atoms with Gasteiger partial charge in [0.05, 0.1) is 17.4 Å². The molecule has 130 valence electrons. The summed E-state index contributed by atoms with van der Waals surface area (Å²) >= 11 is 0. The van der Waals surface area contributed by atoms with Gasteiger partial charge in [0.15, 0.2) is 5.82 Å². The normalized spacial score (nSPS) is 20.1. The van der Waals surface area contributed by atoms with Gasteiger partial charge in [-0.25, -0.2) is 4.98 Å². The summed E-state index contributed by atoms with van der Waals surface area (Å²) in [6, 6.07) is 9.63. The predicted molar refractivity (Wildman–Crippen MR) is 93.2 cm³/mol. The van der Waals surface area contributed by atoms with Crippen LogP contribution >= 0.6 is 0 Å². The maximum atomic E-state index is 12.3. The van der Waals surface area contributed by atoms with Crippen LogP contribution < -0.4 is 0 Å². The molecular formula is C17H24N4O2S. The summed E-state index contributed by atoms with van der Waals surface area (Å²) in [5, 5.41) is 7.27. The van der Waals surface area contributed by atoms with E-state index in [0.717, 1.165) is 49.0 Å². The number of H-pyrrole nitrogens is 1. The van der Waals surface area contributed by atoms with Gasteiger partial charge in [-0.2, -0.15) is 5.10 Å². The van der Waals surface area contributed by atoms with Gasteiger partial charge in [-0.3, -0.25) is 14.2 Å². The number of rotatable bonds is 7. The van der Waals surface area contributed by atoms with Gasteiger partial charge in [-0.15, -0.1) is 0 Å². The molecule has 1 aliphatic heterocycles. The first-order valence-electron chi connectivity index (χ1n) is 8.45. The Morgan fingerprint density at radius 3 is 3.00 bits per heavy atom. The second kappa shape index (κ2) is 8.50. The SMILES string of the molecule is CCCc1nc([C@H]2CN(CC[S@@](=O)c3ccccc3)CCO2)n[nH]1. The third-order valence-corrected chi connectivity index (χ3v) is 5.42. The van der Waals surface area contributed by atoms with Crippen LogP contribution in [0, 0.1) is 0 Å². The van der Waals surface area contributed by atoms with Crippen molar-refractivity contribution in [3.05, 3.63) is 42.0 Å². The van der Waals surface area contributed by atoms with Crippen LogP contribution in [-0.2, 0) is 22.0 Å². The number of morpholine rings is 1. The molecule has 1 aromatic carbocycles. The predicted octanol–water partition coefficient (Wildman–Crippen LogP) is 1.94. The highest BCUT2D eigenvalue weighted by molar-refractivity contribution is 7.85. The van der Waals surface area contributed by atoms with Crippen LogP contribution in [0.3, 0.4) is 0 Å². The number of hydrogen-bond acceptors (Lipinski definition) is 5. The summed E-state index contributed by atoms with van der Waals surface area (Å²) in [6.07, 6.45) is 1.84. The topological polar surface area (TPSA) is 71.1 Å². The van der Waals surface area contributed by atoms with Gasteiger partial charge in [0.25, 0.3) is 0 Å². The van der Waals surface area contributed by atoms with Crippen LogP contribution in [0.25, 0.3) is 0 Å². The van der Waals surface area contributed by atoms with Crippen LogP contribution in [0.2, 0.25) is 0 Å². The van der Waals surface area contributed by atoms with Crippen LogP contribution in [0.4, 0.5) is 0 Å². The third-order valence-electron chi connectivity index (χ3n) is 4.07. The van der Waals surface area contributed by atoms with E-state index in [2.05, 4.69) is 27.0 Å². The molecule has 24 heavy (non-hydrogen) atoms. The fourth-order valence-corrected chi connectivity index (χ4v) is 3.89. The molecule has 2 aromatic rings. The molecule has 1 N–H and O–H groups in total. The zero-order valence-corrected chi connectivity index (χ0v) is 14.8. The largest absolute Gasteiger partial charge is 0.367 e. The van der Waals surface area contributed by atoms with Gasteiger partial charge in [0.2, 0.25) is 0 Å². The van der Waals surface area contributed by atoms with Gasteiger partial charge in [0.1, 0.15) is 11.9 Å². The number of aromatic nitrogens is 3. The summed E-state index contributed by atoms with van der Waals surface area (Å²) in [5.74, 6) is 2.27. The van der Waals surface area contributed by atoms with Gasteiger partial charge in [-0.1, -0.05) is 25.1 Å². The zero-order chi connectivity index (χ0) is 16.8. The summed E-state index contributed by atoms with van der Waals surface area (Å²) in [5.41, 5.74) is 0. The molecule has 1 aromatic heterocycles. The summed E-state index contributed by atoms with van der Waals surface area (Å²) < 4.78 is 18.2. The maximum Gasteiger partial charge on any atom is 0.180 e. The number of aryl methyl sites for hydroxylation is 1. The molecule has 0 bridgehead atoms. The number of ether oxygens (including phenoxy) is 1. The van der Waals surface area contributed by atoms with Crippen molar-refractivity contribution >= 4 is 10.8 Å². The molecule has 0 saturated carbocycles. The molecule has 0 amide bonds. The highest BCUT2D eigenvalue weighted by atomic mass is 32.2. The molecule has 2 atom stereocenters. The van der Waals surface area contributed by atoms with E-state index in [1.807, 2.05) is 30.3 Å². The number of hydrogen-bond donors (Lipinski definition) is 1. The third kappa shape index (κ3) is 4.49. The highest BCUT2D eigenvalue weighted by Gasteiger charge is 2.25. The lowest BCUT2D eigenvalue weighted by Crippen LogP contribution is -2.40. The molecule has 1 aliphatic rings. The Labute approximate surface area is 145 Å². The van der Waals surface area contributed by atoms with Crippen molar-refractivity contribution < 1.29 is 8.95 Å². The van der Waals surface area contributed by atoms with Crippen molar-refractivity contribution in [2.45, 2.75) is 30.8 Å². The number of nitrogens with one attached hydrogen (secondary N) is 1. The molecular weight excluding hydrogens is 324 g/mol. The van der Waals surface area contributed by atoms with Crippen molar-refractivity contribution in [3.8, 4) is 0 Å². The first kappa shape index (κ1) is 17.3. The molecule has 0 spiro atoms. The Hall–Kier alpha value is -1.57. The number of aromatic amines is 1. The van der Waals surface area contributed by atoms with E-state index in [-0.39, 0.29) is 6.10 Å². The summed E-state index contributed by atoms with van der Waals surface area (Å²) in [6.45, 7) is 5.16. The smallest absolute Gasteiger partial charge is 0.180 e. The van der Waals surface area contributed by atoms with Crippen molar-refractivity contribution in [2.75, 3.05) is 32.0 Å². The minimum Gasteiger partial charge on any atom is -0.367 e. The molecule has 1 fully saturated rings. The lowest BCUT2D eigenvalue weighted by Gasteiger charge is -2.31. The van der Waals surface area contributed by atoms with E-state index in [1.165, 1.54) is 0 Å². The van der Waals surface area contributed by atoms with E-state index in [0.29, 0.717) is 12.4 Å². The molecule has 3 rings (SSSR count). The second-order valence-electron chi connectivity index (χ2n) is 5.91. The lowest BCUT2D eigenvalue weighted by molar-refractivity contribution is -0.0321. The first-order valence-corrected chi connectivity index (χ1v) is 9.76. The summed E-state index contributed by atoms with van der Waals surface area (Å²) in [7, 11) is -0.959. The Balaban J connectivity index is 1.52. The van der Waals surface area contributed by atoms with Gasteiger partial charge in [0, 0.05) is 36.7 Å². The minimum atomic E-state index is -0.959. The first-order chi connectivity index (χ1) is 11.8. The average Bonchev–Trinajstić information content (AvgIpc) is 3.10. The quantitative estimate of drug-likeness (QED) is 0.828. The lowest BCUT2D eigenvalue weighted by atomic mass is 10.2. The number of benzene rings is 1. The van der Waals surface area contributed by atoms with E-state index in [4.69, 9.17) is 4.74 Å². The van der Waals surface area contributed by atoms with Crippen molar-refractivity contribution in [2.24, 2.45) is 0 Å². The Morgan fingerprint density at radius 1 is 1.38 bits per heavy atom. The van der Waals surface area contributed by atoms with E-state index in [1.54, 1.807) is 0 Å². The molecule has 7 heteroatoms. The van der Waals surface area contributed by atoms with Crippen LogP contribution in [0.1, 0.15) is 31.1 Å². The molecule has 0 radical (unpaired) electrons. The van der Waals surface area contributed by atoms with Crippen molar-refractivity contribution in [3.63, 3.8) is 0 Å². The van der Waals surface area contributed by atoms with Crippen LogP contribution in [0.15, 0.2) is 35.2 Å². The second-order valence-corrected chi connectivity index (χ2v) is 7.48. The van der Waals surface area contributed by atoms with Gasteiger partial charge < -0.3 is 4.74 Å². The molecule has 1 saturated heterocycles. The number of nitrogens with zero attached hydrogens (tertiary/aromatic N) is 3. The standard InChI is InChI=1S/C17H24N4O2S/c1-2-6-16-18-17(20-19-16)15-13-21(9-11-23-15)10-12-24(22)14-7-4-3-5-8-14/h3-5,7-8,15H,2,6,9-13H2,1H3,(H,18,19,20)/t15-,24-/m1/s1. The summed E-state index contributed by atoms with van der Waals surface area (Å²) in [4.78, 5) is 7.69. The van der Waals surface area contributed by atoms with Crippen LogP contribution in [0.5, 0.6) is 0 Å². The monoisotopic (exact) mass is 348 g/mol.